The number of nitrogen functional groups attached to an aromatic ring is 1. The van der Waals surface area contributed by atoms with Gasteiger partial charge in [-0.15, -0.1) is 0 Å². The molecule has 0 aromatic carbocycles. The van der Waals surface area contributed by atoms with Crippen molar-refractivity contribution in [3.63, 3.8) is 0 Å². The van der Waals surface area contributed by atoms with Crippen molar-refractivity contribution in [2.24, 2.45) is 5.84 Å². The Morgan fingerprint density at radius 3 is 2.89 bits per heavy atom. The van der Waals surface area contributed by atoms with Gasteiger partial charge in [-0.2, -0.15) is 0 Å². The molecule has 6 nitrogen and oxygen atoms in total. The van der Waals surface area contributed by atoms with Crippen molar-refractivity contribution in [3.05, 3.63) is 18.2 Å². The highest BCUT2D eigenvalue weighted by atomic mass is 16.1. The third kappa shape index (κ3) is 4.21. The Labute approximate surface area is 106 Å². The topological polar surface area (TPSA) is 92.1 Å². The van der Waals surface area contributed by atoms with Crippen LogP contribution in [0.3, 0.4) is 0 Å². The van der Waals surface area contributed by atoms with Gasteiger partial charge >= 0.3 is 0 Å². The third-order valence-electron chi connectivity index (χ3n) is 2.73. The molecule has 5 N–H and O–H groups in total. The summed E-state index contributed by atoms with van der Waals surface area (Å²) in [7, 11) is 0. The molecule has 0 spiro atoms. The van der Waals surface area contributed by atoms with Gasteiger partial charge < -0.3 is 16.1 Å². The monoisotopic (exact) mass is 249 g/mol. The van der Waals surface area contributed by atoms with E-state index in [1.165, 1.54) is 0 Å². The molecule has 1 amide bonds. The second-order valence-electron chi connectivity index (χ2n) is 4.42. The van der Waals surface area contributed by atoms with Crippen molar-refractivity contribution in [2.45, 2.75) is 31.7 Å². The summed E-state index contributed by atoms with van der Waals surface area (Å²) >= 11 is 0. The van der Waals surface area contributed by atoms with E-state index in [1.54, 1.807) is 6.07 Å². The number of carbonyl (C=O) groups is 1. The molecule has 0 atom stereocenters. The number of aromatic nitrogens is 1. The molecule has 1 aromatic rings. The van der Waals surface area contributed by atoms with Gasteiger partial charge in [0.05, 0.1) is 0 Å². The summed E-state index contributed by atoms with van der Waals surface area (Å²) in [5.41, 5.74) is 2.49. The van der Waals surface area contributed by atoms with Crippen LogP contribution in [-0.4, -0.2) is 23.5 Å². The number of hydrogen-bond acceptors (Lipinski definition) is 5. The van der Waals surface area contributed by atoms with Crippen LogP contribution < -0.4 is 21.9 Å². The van der Waals surface area contributed by atoms with Crippen molar-refractivity contribution in [1.82, 2.24) is 10.3 Å². The fourth-order valence-electron chi connectivity index (χ4n) is 1.61. The molecule has 2 rings (SSSR count). The zero-order valence-electron chi connectivity index (χ0n) is 10.3. The van der Waals surface area contributed by atoms with Crippen molar-refractivity contribution in [2.75, 3.05) is 17.3 Å². The van der Waals surface area contributed by atoms with E-state index in [-0.39, 0.29) is 5.91 Å². The predicted molar refractivity (Wildman–Crippen MR) is 70.9 cm³/mol. The van der Waals surface area contributed by atoms with Crippen molar-refractivity contribution in [1.29, 1.82) is 0 Å². The maximum absolute atomic E-state index is 11.4. The van der Waals surface area contributed by atoms with Crippen molar-refractivity contribution in [3.8, 4) is 0 Å². The fourth-order valence-corrected chi connectivity index (χ4v) is 1.61. The van der Waals surface area contributed by atoms with Gasteiger partial charge in [-0.25, -0.2) is 10.8 Å². The number of amides is 1. The molecule has 0 bridgehead atoms. The molecular weight excluding hydrogens is 230 g/mol. The minimum Gasteiger partial charge on any atom is -0.370 e. The predicted octanol–water partition coefficient (Wildman–Crippen LogP) is 0.838. The molecule has 1 aliphatic carbocycles. The number of pyridine rings is 1. The Hall–Kier alpha value is -1.82. The van der Waals surface area contributed by atoms with Crippen LogP contribution in [0.2, 0.25) is 0 Å². The molecule has 18 heavy (non-hydrogen) atoms. The lowest BCUT2D eigenvalue weighted by molar-refractivity contribution is -0.121. The Bertz CT molecular complexity index is 405. The molecule has 0 unspecified atom stereocenters. The van der Waals surface area contributed by atoms with E-state index in [0.717, 1.165) is 31.6 Å². The highest BCUT2D eigenvalue weighted by Crippen LogP contribution is 2.18. The van der Waals surface area contributed by atoms with Crippen LogP contribution >= 0.6 is 0 Å². The van der Waals surface area contributed by atoms with Gasteiger partial charge in [0, 0.05) is 19.0 Å². The maximum atomic E-state index is 11.4. The van der Waals surface area contributed by atoms with E-state index in [4.69, 9.17) is 5.84 Å². The quantitative estimate of drug-likeness (QED) is 0.326. The Balaban J connectivity index is 1.63. The first kappa shape index (κ1) is 12.6. The van der Waals surface area contributed by atoms with E-state index < -0.39 is 0 Å². The summed E-state index contributed by atoms with van der Waals surface area (Å²) in [5, 5.41) is 6.12. The summed E-state index contributed by atoms with van der Waals surface area (Å²) in [6.07, 6.45) is 3.61. The Morgan fingerprint density at radius 2 is 2.17 bits per heavy atom. The standard InChI is InChI=1S/C12H19N5O/c13-17-11-4-1-3-10(16-11)14-8-2-5-12(18)15-9-6-7-9/h1,3-4,9H,2,5-8,13H2,(H,15,18)(H2,14,16,17). The largest absolute Gasteiger partial charge is 0.370 e. The molecule has 6 heteroatoms. The van der Waals surface area contributed by atoms with E-state index in [1.807, 2.05) is 12.1 Å². The highest BCUT2D eigenvalue weighted by Gasteiger charge is 2.22. The van der Waals surface area contributed by atoms with Crippen LogP contribution in [0.4, 0.5) is 11.6 Å². The van der Waals surface area contributed by atoms with E-state index >= 15 is 0 Å². The minimum absolute atomic E-state index is 0.143. The number of rotatable bonds is 7. The highest BCUT2D eigenvalue weighted by molar-refractivity contribution is 5.76. The smallest absolute Gasteiger partial charge is 0.220 e. The van der Waals surface area contributed by atoms with E-state index in [9.17, 15) is 4.79 Å². The summed E-state index contributed by atoms with van der Waals surface area (Å²) < 4.78 is 0. The lowest BCUT2D eigenvalue weighted by Crippen LogP contribution is -2.25. The number of hydrogen-bond donors (Lipinski definition) is 4. The number of carbonyl (C=O) groups excluding carboxylic acids is 1. The van der Waals surface area contributed by atoms with Gasteiger partial charge in [-0.1, -0.05) is 6.07 Å². The molecule has 0 saturated heterocycles. The van der Waals surface area contributed by atoms with Crippen LogP contribution in [-0.2, 0) is 4.79 Å². The second-order valence-corrected chi connectivity index (χ2v) is 4.42. The second kappa shape index (κ2) is 6.20. The van der Waals surface area contributed by atoms with Gasteiger partial charge in [-0.05, 0) is 31.4 Å². The fraction of sp³-hybridized carbons (Fsp3) is 0.500. The number of hydrazine groups is 1. The molecule has 1 fully saturated rings. The van der Waals surface area contributed by atoms with Crippen molar-refractivity contribution < 1.29 is 4.79 Å². The number of nitrogens with one attached hydrogen (secondary N) is 3. The van der Waals surface area contributed by atoms with Crippen LogP contribution in [0.15, 0.2) is 18.2 Å². The molecule has 0 aliphatic heterocycles. The maximum Gasteiger partial charge on any atom is 0.220 e. The van der Waals surface area contributed by atoms with Crippen LogP contribution in [0, 0.1) is 0 Å². The molecule has 98 valence electrons. The molecule has 1 heterocycles. The molecule has 1 saturated carbocycles. The number of nitrogens with zero attached hydrogens (tertiary/aromatic N) is 1. The summed E-state index contributed by atoms with van der Waals surface area (Å²) in [6.45, 7) is 0.721. The first-order chi connectivity index (χ1) is 8.78. The molecule has 1 aromatic heterocycles. The molecular formula is C12H19N5O. The van der Waals surface area contributed by atoms with Gasteiger partial charge in [0.2, 0.25) is 5.91 Å². The molecule has 0 radical (unpaired) electrons. The van der Waals surface area contributed by atoms with E-state index in [0.29, 0.717) is 18.3 Å². The van der Waals surface area contributed by atoms with E-state index in [2.05, 4.69) is 21.0 Å². The Morgan fingerprint density at radius 1 is 1.39 bits per heavy atom. The first-order valence-corrected chi connectivity index (χ1v) is 6.25. The lowest BCUT2D eigenvalue weighted by atomic mass is 10.3. The van der Waals surface area contributed by atoms with Gasteiger partial charge in [0.25, 0.3) is 0 Å². The zero-order valence-corrected chi connectivity index (χ0v) is 10.3. The zero-order chi connectivity index (χ0) is 12.8. The van der Waals surface area contributed by atoms with Crippen LogP contribution in [0.1, 0.15) is 25.7 Å². The average molecular weight is 249 g/mol. The summed E-state index contributed by atoms with van der Waals surface area (Å²) in [6, 6.07) is 5.96. The van der Waals surface area contributed by atoms with Crippen LogP contribution in [0.25, 0.3) is 0 Å². The average Bonchev–Trinajstić information content (AvgIpc) is 3.19. The SMILES string of the molecule is NNc1cccc(NCCCC(=O)NC2CC2)n1. The summed E-state index contributed by atoms with van der Waals surface area (Å²) in [4.78, 5) is 15.6. The van der Waals surface area contributed by atoms with Crippen LogP contribution in [0.5, 0.6) is 0 Å². The van der Waals surface area contributed by atoms with Gasteiger partial charge in [0.15, 0.2) is 0 Å². The number of anilines is 2. The summed E-state index contributed by atoms with van der Waals surface area (Å²) in [5.74, 6) is 6.79. The van der Waals surface area contributed by atoms with Gasteiger partial charge in [-0.3, -0.25) is 4.79 Å². The first-order valence-electron chi connectivity index (χ1n) is 6.25. The third-order valence-corrected chi connectivity index (χ3v) is 2.73. The molecule has 1 aliphatic rings. The number of nitrogens with two attached hydrogens (primary N) is 1. The normalized spacial score (nSPS) is 14.1. The van der Waals surface area contributed by atoms with Gasteiger partial charge in [0.1, 0.15) is 11.6 Å². The van der Waals surface area contributed by atoms with Crippen molar-refractivity contribution >= 4 is 17.5 Å². The lowest BCUT2D eigenvalue weighted by Gasteiger charge is -2.07. The Kier molecular flexibility index (Phi) is 4.35. The minimum atomic E-state index is 0.143.